The number of imidazole rings is 1. The van der Waals surface area contributed by atoms with E-state index in [9.17, 15) is 14.9 Å². The fourth-order valence-corrected chi connectivity index (χ4v) is 2.08. The van der Waals surface area contributed by atoms with E-state index in [1.807, 2.05) is 6.07 Å². The first-order chi connectivity index (χ1) is 10.0. The summed E-state index contributed by atoms with van der Waals surface area (Å²) in [7, 11) is 1.43. The van der Waals surface area contributed by atoms with E-state index < -0.39 is 11.7 Å². The SMILES string of the molecule is CCOC(=O)c1c(C#N)n(C)c(=O)n1-c1ccc(Cl)cc1. The largest absolute Gasteiger partial charge is 0.461 e. The third-order valence-corrected chi connectivity index (χ3v) is 3.17. The number of nitrogens with zero attached hydrogens (tertiary/aromatic N) is 3. The minimum Gasteiger partial charge on any atom is -0.461 e. The van der Waals surface area contributed by atoms with Gasteiger partial charge in [-0.25, -0.2) is 9.59 Å². The van der Waals surface area contributed by atoms with Gasteiger partial charge in [-0.05, 0) is 31.2 Å². The highest BCUT2D eigenvalue weighted by atomic mass is 35.5. The van der Waals surface area contributed by atoms with Crippen LogP contribution >= 0.6 is 11.6 Å². The zero-order chi connectivity index (χ0) is 15.6. The van der Waals surface area contributed by atoms with E-state index in [0.29, 0.717) is 10.7 Å². The molecule has 1 aromatic carbocycles. The first-order valence-corrected chi connectivity index (χ1v) is 6.54. The van der Waals surface area contributed by atoms with Gasteiger partial charge in [-0.3, -0.25) is 9.13 Å². The van der Waals surface area contributed by atoms with Crippen LogP contribution in [-0.2, 0) is 11.8 Å². The molecule has 0 saturated carbocycles. The zero-order valence-electron chi connectivity index (χ0n) is 11.5. The van der Waals surface area contributed by atoms with Crippen molar-refractivity contribution in [3.8, 4) is 11.8 Å². The summed E-state index contributed by atoms with van der Waals surface area (Å²) >= 11 is 5.82. The molecular weight excluding hydrogens is 294 g/mol. The summed E-state index contributed by atoms with van der Waals surface area (Å²) in [4.78, 5) is 24.4. The van der Waals surface area contributed by atoms with Gasteiger partial charge in [-0.2, -0.15) is 5.26 Å². The number of carbonyl (C=O) groups is 1. The number of hydrogen-bond acceptors (Lipinski definition) is 4. The van der Waals surface area contributed by atoms with Crippen molar-refractivity contribution in [2.45, 2.75) is 6.92 Å². The number of ether oxygens (including phenoxy) is 1. The number of hydrogen-bond donors (Lipinski definition) is 0. The minimum atomic E-state index is -0.721. The molecular formula is C14H12ClN3O3. The van der Waals surface area contributed by atoms with Crippen molar-refractivity contribution < 1.29 is 9.53 Å². The molecule has 0 atom stereocenters. The number of aromatic nitrogens is 2. The second-order valence-corrected chi connectivity index (χ2v) is 4.62. The molecule has 7 heteroatoms. The average Bonchev–Trinajstić information content (AvgIpc) is 2.72. The summed E-state index contributed by atoms with van der Waals surface area (Å²) < 4.78 is 7.19. The van der Waals surface area contributed by atoms with Crippen LogP contribution in [0.2, 0.25) is 5.02 Å². The smallest absolute Gasteiger partial charge is 0.358 e. The van der Waals surface area contributed by atoms with Gasteiger partial charge >= 0.3 is 11.7 Å². The molecule has 0 bridgehead atoms. The Balaban J connectivity index is 2.76. The molecule has 0 radical (unpaired) electrons. The number of benzene rings is 1. The number of carbonyl (C=O) groups excluding carboxylic acids is 1. The van der Waals surface area contributed by atoms with E-state index in [1.165, 1.54) is 7.05 Å². The maximum atomic E-state index is 12.3. The molecule has 2 rings (SSSR count). The number of esters is 1. The Hall–Kier alpha value is -2.52. The summed E-state index contributed by atoms with van der Waals surface area (Å²) in [6.07, 6.45) is 0. The lowest BCUT2D eigenvalue weighted by molar-refractivity contribution is 0.0516. The quantitative estimate of drug-likeness (QED) is 0.811. The highest BCUT2D eigenvalue weighted by molar-refractivity contribution is 6.30. The number of halogens is 1. The summed E-state index contributed by atoms with van der Waals surface area (Å²) in [5.41, 5.74) is -0.205. The monoisotopic (exact) mass is 305 g/mol. The lowest BCUT2D eigenvalue weighted by atomic mass is 10.3. The fraction of sp³-hybridized carbons (Fsp3) is 0.214. The van der Waals surface area contributed by atoms with Crippen LogP contribution in [0.4, 0.5) is 0 Å². The molecule has 0 aliphatic rings. The summed E-state index contributed by atoms with van der Waals surface area (Å²) in [6.45, 7) is 1.80. The molecule has 0 aliphatic carbocycles. The Morgan fingerprint density at radius 1 is 1.38 bits per heavy atom. The van der Waals surface area contributed by atoms with Crippen molar-refractivity contribution in [2.75, 3.05) is 6.61 Å². The third kappa shape index (κ3) is 2.56. The maximum Gasteiger partial charge on any atom is 0.358 e. The van der Waals surface area contributed by atoms with Crippen molar-refractivity contribution in [3.63, 3.8) is 0 Å². The standard InChI is InChI=1S/C14H12ClN3O3/c1-3-21-13(19)12-11(8-16)17(2)14(20)18(12)10-6-4-9(15)5-7-10/h4-7H,3H2,1-2H3. The van der Waals surface area contributed by atoms with E-state index in [2.05, 4.69) is 0 Å². The van der Waals surface area contributed by atoms with Gasteiger partial charge in [0.15, 0.2) is 11.4 Å². The molecule has 0 unspecified atom stereocenters. The highest BCUT2D eigenvalue weighted by Crippen LogP contribution is 2.17. The number of nitriles is 1. The molecule has 0 aliphatic heterocycles. The van der Waals surface area contributed by atoms with Crippen LogP contribution in [0.15, 0.2) is 29.1 Å². The molecule has 1 heterocycles. The van der Waals surface area contributed by atoms with Crippen LogP contribution in [0.25, 0.3) is 5.69 Å². The van der Waals surface area contributed by atoms with Crippen LogP contribution in [-0.4, -0.2) is 21.7 Å². The molecule has 6 nitrogen and oxygen atoms in total. The molecule has 2 aromatic rings. The van der Waals surface area contributed by atoms with Crippen molar-refractivity contribution >= 4 is 17.6 Å². The van der Waals surface area contributed by atoms with E-state index in [-0.39, 0.29) is 18.0 Å². The van der Waals surface area contributed by atoms with Gasteiger partial charge in [-0.15, -0.1) is 0 Å². The van der Waals surface area contributed by atoms with E-state index >= 15 is 0 Å². The first-order valence-electron chi connectivity index (χ1n) is 6.16. The van der Waals surface area contributed by atoms with E-state index in [0.717, 1.165) is 9.13 Å². The molecule has 0 fully saturated rings. The van der Waals surface area contributed by atoms with Gasteiger partial charge in [-0.1, -0.05) is 11.6 Å². The Kier molecular flexibility index (Phi) is 4.15. The van der Waals surface area contributed by atoms with Crippen LogP contribution in [0, 0.1) is 11.3 Å². The van der Waals surface area contributed by atoms with Crippen molar-refractivity contribution in [3.05, 3.63) is 51.2 Å². The zero-order valence-corrected chi connectivity index (χ0v) is 12.2. The predicted octanol–water partition coefficient (Wildman–Crippen LogP) is 1.88. The lowest BCUT2D eigenvalue weighted by Crippen LogP contribution is -2.23. The van der Waals surface area contributed by atoms with Gasteiger partial charge < -0.3 is 4.74 Å². The Morgan fingerprint density at radius 2 is 2.00 bits per heavy atom. The van der Waals surface area contributed by atoms with Gasteiger partial charge in [0.2, 0.25) is 0 Å². The average molecular weight is 306 g/mol. The molecule has 21 heavy (non-hydrogen) atoms. The summed E-state index contributed by atoms with van der Waals surface area (Å²) in [5, 5.41) is 9.69. The van der Waals surface area contributed by atoms with Crippen LogP contribution < -0.4 is 5.69 Å². The second-order valence-electron chi connectivity index (χ2n) is 4.18. The van der Waals surface area contributed by atoms with Crippen molar-refractivity contribution in [1.29, 1.82) is 5.26 Å². The normalized spacial score (nSPS) is 10.2. The topological polar surface area (TPSA) is 77.0 Å². The van der Waals surface area contributed by atoms with Gasteiger partial charge in [0.1, 0.15) is 6.07 Å². The van der Waals surface area contributed by atoms with Crippen LogP contribution in [0.5, 0.6) is 0 Å². The predicted molar refractivity (Wildman–Crippen MR) is 76.7 cm³/mol. The summed E-state index contributed by atoms with van der Waals surface area (Å²) in [6, 6.07) is 8.23. The van der Waals surface area contributed by atoms with Crippen LogP contribution in [0.3, 0.4) is 0 Å². The third-order valence-electron chi connectivity index (χ3n) is 2.92. The van der Waals surface area contributed by atoms with Crippen molar-refractivity contribution in [1.82, 2.24) is 9.13 Å². The molecule has 0 N–H and O–H groups in total. The Bertz CT molecular complexity index is 782. The first kappa shape index (κ1) is 14.9. The highest BCUT2D eigenvalue weighted by Gasteiger charge is 2.25. The summed E-state index contributed by atoms with van der Waals surface area (Å²) in [5.74, 6) is -0.721. The van der Waals surface area contributed by atoms with Crippen LogP contribution in [0.1, 0.15) is 23.1 Å². The van der Waals surface area contributed by atoms with E-state index in [4.69, 9.17) is 16.3 Å². The molecule has 0 spiro atoms. The molecule has 108 valence electrons. The maximum absolute atomic E-state index is 12.3. The minimum absolute atomic E-state index is 0.0478. The molecule has 0 amide bonds. The lowest BCUT2D eigenvalue weighted by Gasteiger charge is -2.07. The molecule has 1 aromatic heterocycles. The Labute approximate surface area is 125 Å². The fourth-order valence-electron chi connectivity index (χ4n) is 1.95. The van der Waals surface area contributed by atoms with Crippen molar-refractivity contribution in [2.24, 2.45) is 7.05 Å². The van der Waals surface area contributed by atoms with Gasteiger partial charge in [0.25, 0.3) is 0 Å². The number of rotatable bonds is 3. The Morgan fingerprint density at radius 3 is 2.52 bits per heavy atom. The second kappa shape index (κ2) is 5.85. The molecule has 0 saturated heterocycles. The van der Waals surface area contributed by atoms with Gasteiger partial charge in [0.05, 0.1) is 12.3 Å². The van der Waals surface area contributed by atoms with Gasteiger partial charge in [0, 0.05) is 12.1 Å². The van der Waals surface area contributed by atoms with E-state index in [1.54, 1.807) is 31.2 Å².